The molecule has 1 atom stereocenters. The number of anilines is 3. The number of fused-ring (bicyclic) bond motifs is 1. The standard InChI is InChI=1S/C15H19FN8O/c1-9-6-17-13-12(18-11-8-22(2)20-14(11)25-3)19-15(21-24(9)13)23-5-4-10(16)7-23/h6,8,10H,4-5,7H2,1-3H3,(H,18,19,21)/t10-/m0/s1. The summed E-state index contributed by atoms with van der Waals surface area (Å²) in [4.78, 5) is 10.8. The van der Waals surface area contributed by atoms with Gasteiger partial charge in [-0.15, -0.1) is 10.2 Å². The predicted molar refractivity (Wildman–Crippen MR) is 90.3 cm³/mol. The molecule has 10 heteroatoms. The Morgan fingerprint density at radius 1 is 1.36 bits per heavy atom. The van der Waals surface area contributed by atoms with Crippen molar-refractivity contribution in [3.8, 4) is 5.88 Å². The van der Waals surface area contributed by atoms with E-state index in [2.05, 4.69) is 25.5 Å². The third-order valence-electron chi connectivity index (χ3n) is 4.18. The lowest BCUT2D eigenvalue weighted by Crippen LogP contribution is -2.24. The molecule has 3 aromatic rings. The first-order valence-electron chi connectivity index (χ1n) is 8.01. The predicted octanol–water partition coefficient (Wildman–Crippen LogP) is 1.47. The molecule has 0 amide bonds. The molecule has 1 saturated heterocycles. The van der Waals surface area contributed by atoms with E-state index in [1.54, 1.807) is 35.7 Å². The summed E-state index contributed by atoms with van der Waals surface area (Å²) in [6.07, 6.45) is 3.16. The summed E-state index contributed by atoms with van der Waals surface area (Å²) in [5.74, 6) is 1.44. The summed E-state index contributed by atoms with van der Waals surface area (Å²) in [6.45, 7) is 2.80. The highest BCUT2D eigenvalue weighted by Crippen LogP contribution is 2.28. The first kappa shape index (κ1) is 15.6. The second-order valence-electron chi connectivity index (χ2n) is 6.08. The van der Waals surface area contributed by atoms with Gasteiger partial charge in [-0.25, -0.2) is 13.9 Å². The average Bonchev–Trinajstić information content (AvgIpc) is 3.27. The van der Waals surface area contributed by atoms with Crippen molar-refractivity contribution in [1.82, 2.24) is 29.4 Å². The van der Waals surface area contributed by atoms with Crippen LogP contribution in [0.4, 0.5) is 21.8 Å². The van der Waals surface area contributed by atoms with E-state index in [1.165, 1.54) is 0 Å². The fourth-order valence-electron chi connectivity index (χ4n) is 2.93. The number of hydrogen-bond donors (Lipinski definition) is 1. The smallest absolute Gasteiger partial charge is 0.256 e. The number of ether oxygens (including phenoxy) is 1. The maximum atomic E-state index is 13.6. The summed E-state index contributed by atoms with van der Waals surface area (Å²) in [5.41, 5.74) is 2.13. The number of nitrogens with one attached hydrogen (secondary N) is 1. The topological polar surface area (TPSA) is 85.4 Å². The van der Waals surface area contributed by atoms with Crippen LogP contribution in [0.1, 0.15) is 12.1 Å². The van der Waals surface area contributed by atoms with Crippen molar-refractivity contribution in [3.63, 3.8) is 0 Å². The zero-order chi connectivity index (χ0) is 17.6. The summed E-state index contributed by atoms with van der Waals surface area (Å²) < 4.78 is 22.2. The SMILES string of the molecule is COc1nn(C)cc1Nc1nc(N2CC[C@H](F)C2)nn2c(C)cnc12. The van der Waals surface area contributed by atoms with E-state index < -0.39 is 6.17 Å². The zero-order valence-electron chi connectivity index (χ0n) is 14.3. The number of alkyl halides is 1. The van der Waals surface area contributed by atoms with Crippen molar-refractivity contribution in [2.45, 2.75) is 19.5 Å². The molecule has 0 radical (unpaired) electrons. The largest absolute Gasteiger partial charge is 0.478 e. The van der Waals surface area contributed by atoms with Gasteiger partial charge in [0, 0.05) is 13.6 Å². The molecule has 1 N–H and O–H groups in total. The van der Waals surface area contributed by atoms with Crippen molar-refractivity contribution < 1.29 is 9.13 Å². The number of nitrogens with zero attached hydrogens (tertiary/aromatic N) is 7. The summed E-state index contributed by atoms with van der Waals surface area (Å²) in [7, 11) is 3.36. The molecule has 4 rings (SSSR count). The van der Waals surface area contributed by atoms with Crippen molar-refractivity contribution >= 4 is 23.1 Å². The maximum absolute atomic E-state index is 13.6. The fourth-order valence-corrected chi connectivity index (χ4v) is 2.93. The van der Waals surface area contributed by atoms with Gasteiger partial charge in [0.2, 0.25) is 5.95 Å². The highest BCUT2D eigenvalue weighted by molar-refractivity contribution is 5.72. The molecule has 1 aliphatic heterocycles. The van der Waals surface area contributed by atoms with Crippen LogP contribution in [0.2, 0.25) is 0 Å². The Morgan fingerprint density at radius 2 is 2.20 bits per heavy atom. The molecule has 0 bridgehead atoms. The van der Waals surface area contributed by atoms with E-state index in [9.17, 15) is 4.39 Å². The van der Waals surface area contributed by atoms with E-state index in [0.29, 0.717) is 48.5 Å². The molecule has 3 aromatic heterocycles. The number of aryl methyl sites for hydroxylation is 2. The molecule has 0 aliphatic carbocycles. The van der Waals surface area contributed by atoms with E-state index in [1.807, 2.05) is 11.8 Å². The zero-order valence-corrected chi connectivity index (χ0v) is 14.3. The molecule has 4 heterocycles. The molecular formula is C15H19FN8O. The Labute approximate surface area is 143 Å². The number of hydrogen-bond acceptors (Lipinski definition) is 7. The fraction of sp³-hybridized carbons (Fsp3) is 0.467. The van der Waals surface area contributed by atoms with Crippen LogP contribution in [-0.4, -0.2) is 55.7 Å². The molecule has 0 saturated carbocycles. The lowest BCUT2D eigenvalue weighted by atomic mass is 10.3. The van der Waals surface area contributed by atoms with Gasteiger partial charge in [0.15, 0.2) is 11.5 Å². The van der Waals surface area contributed by atoms with E-state index in [4.69, 9.17) is 4.74 Å². The summed E-state index contributed by atoms with van der Waals surface area (Å²) in [6, 6.07) is 0. The minimum absolute atomic E-state index is 0.301. The molecule has 0 unspecified atom stereocenters. The molecule has 1 fully saturated rings. The van der Waals surface area contributed by atoms with Gasteiger partial charge in [-0.05, 0) is 13.3 Å². The highest BCUT2D eigenvalue weighted by Gasteiger charge is 2.26. The Balaban J connectivity index is 1.78. The van der Waals surface area contributed by atoms with Crippen molar-refractivity contribution in [1.29, 1.82) is 0 Å². The van der Waals surface area contributed by atoms with Crippen LogP contribution >= 0.6 is 0 Å². The number of aromatic nitrogens is 6. The lowest BCUT2D eigenvalue weighted by molar-refractivity contribution is 0.364. The molecule has 9 nitrogen and oxygen atoms in total. The Hall–Kier alpha value is -2.91. The summed E-state index contributed by atoms with van der Waals surface area (Å²) in [5, 5.41) is 11.9. The summed E-state index contributed by atoms with van der Waals surface area (Å²) >= 11 is 0. The van der Waals surface area contributed by atoms with E-state index in [-0.39, 0.29) is 0 Å². The Morgan fingerprint density at radius 3 is 2.92 bits per heavy atom. The maximum Gasteiger partial charge on any atom is 0.256 e. The quantitative estimate of drug-likeness (QED) is 0.765. The molecule has 0 aromatic carbocycles. The van der Waals surface area contributed by atoms with Gasteiger partial charge in [-0.3, -0.25) is 4.68 Å². The van der Waals surface area contributed by atoms with Gasteiger partial charge in [-0.1, -0.05) is 0 Å². The second-order valence-corrected chi connectivity index (χ2v) is 6.08. The van der Waals surface area contributed by atoms with Crippen LogP contribution in [0.3, 0.4) is 0 Å². The highest BCUT2D eigenvalue weighted by atomic mass is 19.1. The second kappa shape index (κ2) is 5.87. The van der Waals surface area contributed by atoms with Gasteiger partial charge in [0.1, 0.15) is 11.9 Å². The van der Waals surface area contributed by atoms with Crippen LogP contribution in [0.25, 0.3) is 5.65 Å². The van der Waals surface area contributed by atoms with Crippen molar-refractivity contribution in [2.75, 3.05) is 30.4 Å². The van der Waals surface area contributed by atoms with E-state index >= 15 is 0 Å². The number of halogens is 1. The first-order valence-corrected chi connectivity index (χ1v) is 8.01. The molecule has 0 spiro atoms. The van der Waals surface area contributed by atoms with Crippen molar-refractivity contribution in [3.05, 3.63) is 18.1 Å². The molecule has 25 heavy (non-hydrogen) atoms. The van der Waals surface area contributed by atoms with Gasteiger partial charge in [0.05, 0.1) is 31.7 Å². The van der Waals surface area contributed by atoms with Crippen LogP contribution in [0.5, 0.6) is 5.88 Å². The van der Waals surface area contributed by atoms with Crippen LogP contribution in [0.15, 0.2) is 12.4 Å². The number of imidazole rings is 1. The van der Waals surface area contributed by atoms with Crippen molar-refractivity contribution in [2.24, 2.45) is 7.05 Å². The lowest BCUT2D eigenvalue weighted by Gasteiger charge is -2.16. The monoisotopic (exact) mass is 346 g/mol. The van der Waals surface area contributed by atoms with Crippen LogP contribution < -0.4 is 15.0 Å². The van der Waals surface area contributed by atoms with Gasteiger partial charge < -0.3 is 15.0 Å². The first-order chi connectivity index (χ1) is 12.0. The average molecular weight is 346 g/mol. The third kappa shape index (κ3) is 2.73. The minimum atomic E-state index is -0.849. The Kier molecular flexibility index (Phi) is 3.66. The van der Waals surface area contributed by atoms with E-state index in [0.717, 1.165) is 5.69 Å². The van der Waals surface area contributed by atoms with Crippen LogP contribution in [0, 0.1) is 6.92 Å². The number of methoxy groups -OCH3 is 1. The minimum Gasteiger partial charge on any atom is -0.478 e. The third-order valence-corrected chi connectivity index (χ3v) is 4.18. The van der Waals surface area contributed by atoms with Gasteiger partial charge in [-0.2, -0.15) is 4.98 Å². The Bertz CT molecular complexity index is 920. The molecular weight excluding hydrogens is 327 g/mol. The number of rotatable bonds is 4. The molecule has 132 valence electrons. The molecule has 1 aliphatic rings. The normalized spacial score (nSPS) is 17.4. The van der Waals surface area contributed by atoms with Gasteiger partial charge in [0.25, 0.3) is 5.88 Å². The van der Waals surface area contributed by atoms with Crippen LogP contribution in [-0.2, 0) is 7.05 Å². The van der Waals surface area contributed by atoms with Gasteiger partial charge >= 0.3 is 0 Å².